The van der Waals surface area contributed by atoms with E-state index in [1.807, 2.05) is 23.1 Å². The lowest BCUT2D eigenvalue weighted by Gasteiger charge is -2.25. The zero-order valence-corrected chi connectivity index (χ0v) is 13.9. The summed E-state index contributed by atoms with van der Waals surface area (Å²) in [7, 11) is 0. The molecule has 1 saturated heterocycles. The number of fused-ring (bicyclic) bond motifs is 1. The average molecular weight is 337 g/mol. The molecule has 2 aromatic heterocycles. The molecule has 0 aliphatic carbocycles. The van der Waals surface area contributed by atoms with Crippen molar-refractivity contribution < 1.29 is 4.79 Å². The largest absolute Gasteiger partial charge is 0.338 e. The molecule has 128 valence electrons. The lowest BCUT2D eigenvalue weighted by molar-refractivity contribution is -0.132. The van der Waals surface area contributed by atoms with E-state index < -0.39 is 0 Å². The first-order chi connectivity index (χ1) is 12.1. The molecule has 7 heteroatoms. The number of rotatable bonds is 3. The topological polar surface area (TPSA) is 72.5 Å². The van der Waals surface area contributed by atoms with Crippen molar-refractivity contribution >= 4 is 11.4 Å². The fourth-order valence-electron chi connectivity index (χ4n) is 3.64. The van der Waals surface area contributed by atoms with Crippen LogP contribution in [0, 0.1) is 0 Å². The molecule has 4 rings (SSSR count). The monoisotopic (exact) mass is 337 g/mol. The van der Waals surface area contributed by atoms with Crippen molar-refractivity contribution in [3.8, 4) is 0 Å². The Kier molecular flexibility index (Phi) is 3.83. The molecule has 0 radical (unpaired) electrons. The Morgan fingerprint density at radius 3 is 2.80 bits per heavy atom. The first-order valence-electron chi connectivity index (χ1n) is 8.39. The quantitative estimate of drug-likeness (QED) is 0.722. The minimum absolute atomic E-state index is 0.0492. The van der Waals surface area contributed by atoms with Gasteiger partial charge in [-0.1, -0.05) is 30.3 Å². The highest BCUT2D eigenvalue weighted by atomic mass is 16.2. The van der Waals surface area contributed by atoms with Crippen LogP contribution in [0.4, 0.5) is 0 Å². The summed E-state index contributed by atoms with van der Waals surface area (Å²) < 4.78 is 2.62. The molecule has 0 spiro atoms. The molecule has 1 aromatic carbocycles. The maximum absolute atomic E-state index is 12.7. The second kappa shape index (κ2) is 6.16. The molecule has 1 aliphatic rings. The van der Waals surface area contributed by atoms with Crippen LogP contribution >= 0.6 is 0 Å². The molecule has 1 amide bonds. The lowest BCUT2D eigenvalue weighted by atomic mass is 9.93. The molecule has 25 heavy (non-hydrogen) atoms. The van der Waals surface area contributed by atoms with E-state index in [-0.39, 0.29) is 24.1 Å². The van der Waals surface area contributed by atoms with Crippen LogP contribution in [-0.4, -0.2) is 42.8 Å². The first-order valence-corrected chi connectivity index (χ1v) is 8.39. The minimum atomic E-state index is -0.306. The van der Waals surface area contributed by atoms with E-state index in [1.165, 1.54) is 27.3 Å². The van der Waals surface area contributed by atoms with Crippen LogP contribution in [0.15, 0.2) is 53.7 Å². The van der Waals surface area contributed by atoms with Gasteiger partial charge in [-0.15, -0.1) is 0 Å². The van der Waals surface area contributed by atoms with Gasteiger partial charge in [-0.05, 0) is 25.0 Å². The van der Waals surface area contributed by atoms with Crippen molar-refractivity contribution in [2.45, 2.75) is 31.8 Å². The van der Waals surface area contributed by atoms with Crippen LogP contribution in [0.3, 0.4) is 0 Å². The standard InChI is InChI=1S/C18H19N5O2/c1-13-15(14-5-3-2-4-6-14)8-10-21(13)17(24)11-22-18(25)16-7-9-19-23(16)12-20-22/h2-7,9,12-13,15H,8,10-11H2,1H3. The molecule has 0 saturated carbocycles. The fraction of sp³-hybridized carbons (Fsp3) is 0.333. The number of benzene rings is 1. The first kappa shape index (κ1) is 15.6. The Morgan fingerprint density at radius 1 is 1.20 bits per heavy atom. The zero-order valence-electron chi connectivity index (χ0n) is 13.9. The molecule has 3 heterocycles. The summed E-state index contributed by atoms with van der Waals surface area (Å²) in [5.74, 6) is 0.247. The summed E-state index contributed by atoms with van der Waals surface area (Å²) in [5, 5.41) is 8.03. The van der Waals surface area contributed by atoms with E-state index in [0.29, 0.717) is 18.0 Å². The van der Waals surface area contributed by atoms with Crippen molar-refractivity contribution in [1.29, 1.82) is 0 Å². The number of carbonyl (C=O) groups excluding carboxylic acids is 1. The van der Waals surface area contributed by atoms with Gasteiger partial charge in [0.2, 0.25) is 5.91 Å². The molecule has 3 aromatic rings. The zero-order chi connectivity index (χ0) is 17.4. The van der Waals surface area contributed by atoms with Gasteiger partial charge in [0.1, 0.15) is 18.4 Å². The van der Waals surface area contributed by atoms with E-state index in [0.717, 1.165) is 6.42 Å². The Hall–Kier alpha value is -2.96. The van der Waals surface area contributed by atoms with Crippen molar-refractivity contribution in [2.24, 2.45) is 0 Å². The summed E-state index contributed by atoms with van der Waals surface area (Å²) in [4.78, 5) is 27.0. The maximum Gasteiger partial charge on any atom is 0.293 e. The van der Waals surface area contributed by atoms with Gasteiger partial charge in [0, 0.05) is 18.5 Å². The van der Waals surface area contributed by atoms with Crippen LogP contribution in [0.5, 0.6) is 0 Å². The second-order valence-electron chi connectivity index (χ2n) is 6.39. The third-order valence-corrected chi connectivity index (χ3v) is 5.01. The van der Waals surface area contributed by atoms with E-state index >= 15 is 0 Å². The van der Waals surface area contributed by atoms with Crippen LogP contribution in [-0.2, 0) is 11.3 Å². The van der Waals surface area contributed by atoms with E-state index in [4.69, 9.17) is 0 Å². The Morgan fingerprint density at radius 2 is 2.00 bits per heavy atom. The smallest absolute Gasteiger partial charge is 0.293 e. The van der Waals surface area contributed by atoms with Gasteiger partial charge in [0.05, 0.1) is 6.20 Å². The summed E-state index contributed by atoms with van der Waals surface area (Å²) in [6.45, 7) is 2.72. The SMILES string of the molecule is CC1C(c2ccccc2)CCN1C(=O)Cn1ncn2nccc2c1=O. The molecular weight excluding hydrogens is 318 g/mol. The third-order valence-electron chi connectivity index (χ3n) is 5.01. The molecule has 0 bridgehead atoms. The van der Waals surface area contributed by atoms with Gasteiger partial charge in [-0.3, -0.25) is 9.59 Å². The van der Waals surface area contributed by atoms with Crippen molar-refractivity contribution in [1.82, 2.24) is 24.3 Å². The van der Waals surface area contributed by atoms with Gasteiger partial charge in [-0.2, -0.15) is 10.2 Å². The lowest BCUT2D eigenvalue weighted by Crippen LogP contribution is -2.40. The predicted molar refractivity (Wildman–Crippen MR) is 92.2 cm³/mol. The van der Waals surface area contributed by atoms with E-state index in [1.54, 1.807) is 6.07 Å². The fourth-order valence-corrected chi connectivity index (χ4v) is 3.64. The number of nitrogens with zero attached hydrogens (tertiary/aromatic N) is 5. The summed E-state index contributed by atoms with van der Waals surface area (Å²) in [6, 6.07) is 12.0. The average Bonchev–Trinajstić information content (AvgIpc) is 3.25. The minimum Gasteiger partial charge on any atom is -0.338 e. The van der Waals surface area contributed by atoms with Crippen LogP contribution < -0.4 is 5.56 Å². The van der Waals surface area contributed by atoms with Crippen molar-refractivity contribution in [2.75, 3.05) is 6.54 Å². The van der Waals surface area contributed by atoms with Crippen molar-refractivity contribution in [3.05, 3.63) is 64.8 Å². The Balaban J connectivity index is 1.53. The molecule has 1 fully saturated rings. The highest BCUT2D eigenvalue weighted by Crippen LogP contribution is 2.33. The summed E-state index contributed by atoms with van der Waals surface area (Å²) >= 11 is 0. The molecule has 0 N–H and O–H groups in total. The number of amides is 1. The number of hydrogen-bond acceptors (Lipinski definition) is 4. The van der Waals surface area contributed by atoms with Gasteiger partial charge >= 0.3 is 0 Å². The van der Waals surface area contributed by atoms with Gasteiger partial charge < -0.3 is 4.90 Å². The molecular formula is C18H19N5O2. The third kappa shape index (κ3) is 2.71. The van der Waals surface area contributed by atoms with Crippen LogP contribution in [0.2, 0.25) is 0 Å². The highest BCUT2D eigenvalue weighted by Gasteiger charge is 2.34. The molecule has 1 aliphatic heterocycles. The maximum atomic E-state index is 12.7. The number of likely N-dealkylation sites (tertiary alicyclic amines) is 1. The molecule has 2 unspecified atom stereocenters. The molecule has 2 atom stereocenters. The Labute approximate surface area is 144 Å². The van der Waals surface area contributed by atoms with Crippen LogP contribution in [0.1, 0.15) is 24.8 Å². The van der Waals surface area contributed by atoms with Crippen LogP contribution in [0.25, 0.3) is 5.52 Å². The number of aromatic nitrogens is 4. The Bertz CT molecular complexity index is 962. The summed E-state index contributed by atoms with van der Waals surface area (Å²) in [6.07, 6.45) is 3.92. The predicted octanol–water partition coefficient (Wildman–Crippen LogP) is 1.30. The second-order valence-corrected chi connectivity index (χ2v) is 6.39. The number of carbonyl (C=O) groups is 1. The number of hydrogen-bond donors (Lipinski definition) is 0. The molecule has 7 nitrogen and oxygen atoms in total. The van der Waals surface area contributed by atoms with E-state index in [9.17, 15) is 9.59 Å². The van der Waals surface area contributed by atoms with Crippen molar-refractivity contribution in [3.63, 3.8) is 0 Å². The normalized spacial score (nSPS) is 20.3. The highest BCUT2D eigenvalue weighted by molar-refractivity contribution is 5.76. The van der Waals surface area contributed by atoms with Gasteiger partial charge in [0.25, 0.3) is 5.56 Å². The van der Waals surface area contributed by atoms with Gasteiger partial charge in [-0.25, -0.2) is 9.20 Å². The summed E-state index contributed by atoms with van der Waals surface area (Å²) in [5.41, 5.74) is 1.36. The van der Waals surface area contributed by atoms with E-state index in [2.05, 4.69) is 29.3 Å². The van der Waals surface area contributed by atoms with Gasteiger partial charge in [0.15, 0.2) is 0 Å².